The normalized spacial score (nSPS) is 9.57. The minimum absolute atomic E-state index is 0.250. The number of nitrogens with zero attached hydrogens (tertiary/aromatic N) is 1. The summed E-state index contributed by atoms with van der Waals surface area (Å²) in [4.78, 5) is 37.4. The molecule has 2 aromatic rings. The largest absolute Gasteiger partial charge is 0.483 e. The molecule has 1 amide bonds. The van der Waals surface area contributed by atoms with Gasteiger partial charge in [-0.15, -0.1) is 0 Å². The molecule has 7 nitrogen and oxygen atoms in total. The highest BCUT2D eigenvalue weighted by Gasteiger charge is 2.16. The van der Waals surface area contributed by atoms with Gasteiger partial charge in [-0.1, -0.05) is 0 Å². The minimum atomic E-state index is -1.05. The van der Waals surface area contributed by atoms with E-state index in [0.29, 0.717) is 23.0 Å². The summed E-state index contributed by atoms with van der Waals surface area (Å²) >= 11 is 0. The number of halogens is 2. The van der Waals surface area contributed by atoms with Crippen LogP contribution in [0.2, 0.25) is 0 Å². The Morgan fingerprint density at radius 1 is 1.35 bits per heavy atom. The molecule has 2 heterocycles. The summed E-state index contributed by atoms with van der Waals surface area (Å²) in [6, 6.07) is 1.88. The number of aryl methyl sites for hydroxylation is 2. The van der Waals surface area contributed by atoms with Crippen molar-refractivity contribution < 1.29 is 23.5 Å². The summed E-state index contributed by atoms with van der Waals surface area (Å²) in [5, 5.41) is 9.34. The molecular weight excluding hydrogens is 312 g/mol. The molecule has 0 aliphatic heterocycles. The first-order chi connectivity index (χ1) is 10.8. The molecule has 0 radical (unpaired) electrons. The van der Waals surface area contributed by atoms with Crippen molar-refractivity contribution in [1.29, 1.82) is 0 Å². The van der Waals surface area contributed by atoms with Crippen molar-refractivity contribution in [1.82, 2.24) is 9.97 Å². The quantitative estimate of drug-likeness (QED) is 0.726. The predicted octanol–water partition coefficient (Wildman–Crippen LogP) is 1.62. The smallest absolute Gasteiger partial charge is 0.290 e. The number of carbonyl (C=O) groups excluding carboxylic acids is 1. The number of rotatable bonds is 2. The first kappa shape index (κ1) is 18.0. The maximum absolute atomic E-state index is 13.4. The molecule has 0 aliphatic rings. The van der Waals surface area contributed by atoms with E-state index in [1.165, 1.54) is 6.07 Å². The molecule has 0 aromatic carbocycles. The third kappa shape index (κ3) is 4.70. The molecule has 0 atom stereocenters. The molecular formula is C14H13F2N3O4. The zero-order valence-corrected chi connectivity index (χ0v) is 12.2. The molecule has 0 bridgehead atoms. The van der Waals surface area contributed by atoms with E-state index < -0.39 is 23.2 Å². The van der Waals surface area contributed by atoms with E-state index in [0.717, 1.165) is 6.20 Å². The van der Waals surface area contributed by atoms with Gasteiger partial charge in [-0.25, -0.2) is 13.8 Å². The number of amides is 1. The van der Waals surface area contributed by atoms with Crippen molar-refractivity contribution in [2.45, 2.75) is 13.8 Å². The molecule has 23 heavy (non-hydrogen) atoms. The number of hydrogen-bond acceptors (Lipinski definition) is 4. The Bertz CT molecular complexity index is 764. The SMILES string of the molecule is Cc1cc(=O)[nH]c(C)c1NC(=O)c1ncc(F)cc1F.O=CO. The van der Waals surface area contributed by atoms with Crippen molar-refractivity contribution in [2.75, 3.05) is 5.32 Å². The Balaban J connectivity index is 0.000000816. The monoisotopic (exact) mass is 325 g/mol. The standard InChI is InChI=1S/C13H11F2N3O2.CH2O2/c1-6-3-10(19)17-7(2)11(6)18-13(20)12-9(15)4-8(14)5-16-12;2-1-3/h3-5H,1-2H3,(H,17,19)(H,18,20);1H,(H,2,3). The lowest BCUT2D eigenvalue weighted by Gasteiger charge is -2.10. The van der Waals surface area contributed by atoms with Crippen LogP contribution in [0.25, 0.3) is 0 Å². The number of carbonyl (C=O) groups is 2. The Morgan fingerprint density at radius 3 is 2.48 bits per heavy atom. The van der Waals surface area contributed by atoms with Crippen LogP contribution in [0.15, 0.2) is 23.1 Å². The highest BCUT2D eigenvalue weighted by molar-refractivity contribution is 6.03. The zero-order valence-electron chi connectivity index (χ0n) is 12.2. The van der Waals surface area contributed by atoms with Gasteiger partial charge in [0.1, 0.15) is 5.82 Å². The summed E-state index contributed by atoms with van der Waals surface area (Å²) in [7, 11) is 0. The van der Waals surface area contributed by atoms with Gasteiger partial charge in [0.15, 0.2) is 11.5 Å². The van der Waals surface area contributed by atoms with Crippen LogP contribution < -0.4 is 10.9 Å². The van der Waals surface area contributed by atoms with Gasteiger partial charge < -0.3 is 15.4 Å². The number of hydrogen-bond donors (Lipinski definition) is 3. The van der Waals surface area contributed by atoms with E-state index in [-0.39, 0.29) is 12.0 Å². The van der Waals surface area contributed by atoms with E-state index in [9.17, 15) is 18.4 Å². The molecule has 0 saturated carbocycles. The van der Waals surface area contributed by atoms with Crippen molar-refractivity contribution in [2.24, 2.45) is 0 Å². The van der Waals surface area contributed by atoms with Crippen LogP contribution in [0.5, 0.6) is 0 Å². The van der Waals surface area contributed by atoms with Gasteiger partial charge in [-0.05, 0) is 19.4 Å². The van der Waals surface area contributed by atoms with Crippen LogP contribution in [-0.2, 0) is 4.79 Å². The highest BCUT2D eigenvalue weighted by Crippen LogP contribution is 2.17. The number of carboxylic acid groups (broad SMARTS) is 1. The fourth-order valence-corrected chi connectivity index (χ4v) is 1.79. The zero-order chi connectivity index (χ0) is 17.6. The molecule has 9 heteroatoms. The van der Waals surface area contributed by atoms with Crippen LogP contribution >= 0.6 is 0 Å². The van der Waals surface area contributed by atoms with Crippen molar-refractivity contribution in [3.63, 3.8) is 0 Å². The Kier molecular flexibility index (Phi) is 6.07. The lowest BCUT2D eigenvalue weighted by atomic mass is 10.2. The lowest BCUT2D eigenvalue weighted by molar-refractivity contribution is -0.122. The molecule has 2 rings (SSSR count). The number of H-pyrrole nitrogens is 1. The molecule has 0 spiro atoms. The first-order valence-corrected chi connectivity index (χ1v) is 6.21. The second kappa shape index (κ2) is 7.78. The van der Waals surface area contributed by atoms with Crippen LogP contribution in [0.4, 0.5) is 14.5 Å². The van der Waals surface area contributed by atoms with Gasteiger partial charge in [0, 0.05) is 17.8 Å². The van der Waals surface area contributed by atoms with Gasteiger partial charge in [0.2, 0.25) is 5.56 Å². The van der Waals surface area contributed by atoms with Crippen molar-refractivity contribution in [3.8, 4) is 0 Å². The molecule has 0 saturated heterocycles. The van der Waals surface area contributed by atoms with Crippen molar-refractivity contribution >= 4 is 18.1 Å². The lowest BCUT2D eigenvalue weighted by Crippen LogP contribution is -2.19. The molecule has 0 fully saturated rings. The van der Waals surface area contributed by atoms with E-state index in [4.69, 9.17) is 9.90 Å². The number of aromatic nitrogens is 2. The summed E-state index contributed by atoms with van der Waals surface area (Å²) in [5.41, 5.74) is 0.508. The fraction of sp³-hybridized carbons (Fsp3) is 0.143. The van der Waals surface area contributed by atoms with Crippen LogP contribution in [0.3, 0.4) is 0 Å². The number of pyridine rings is 2. The minimum Gasteiger partial charge on any atom is -0.483 e. The van der Waals surface area contributed by atoms with Gasteiger partial charge >= 0.3 is 0 Å². The highest BCUT2D eigenvalue weighted by atomic mass is 19.1. The predicted molar refractivity (Wildman–Crippen MR) is 77.3 cm³/mol. The van der Waals surface area contributed by atoms with Gasteiger partial charge in [-0.3, -0.25) is 14.4 Å². The van der Waals surface area contributed by atoms with Crippen LogP contribution in [-0.4, -0.2) is 27.5 Å². The molecule has 0 unspecified atom stereocenters. The topological polar surface area (TPSA) is 112 Å². The summed E-state index contributed by atoms with van der Waals surface area (Å²) < 4.78 is 26.2. The van der Waals surface area contributed by atoms with Gasteiger partial charge in [-0.2, -0.15) is 0 Å². The van der Waals surface area contributed by atoms with E-state index in [1.54, 1.807) is 13.8 Å². The van der Waals surface area contributed by atoms with Crippen LogP contribution in [0, 0.1) is 25.5 Å². The molecule has 2 aromatic heterocycles. The fourth-order valence-electron chi connectivity index (χ4n) is 1.79. The summed E-state index contributed by atoms with van der Waals surface area (Å²) in [5.74, 6) is -2.74. The molecule has 0 aliphatic carbocycles. The Morgan fingerprint density at radius 2 is 1.96 bits per heavy atom. The van der Waals surface area contributed by atoms with E-state index in [1.807, 2.05) is 0 Å². The summed E-state index contributed by atoms with van der Waals surface area (Å²) in [6.45, 7) is 2.98. The average Bonchev–Trinajstić information content (AvgIpc) is 2.43. The van der Waals surface area contributed by atoms with E-state index in [2.05, 4.69) is 15.3 Å². The number of aromatic amines is 1. The number of anilines is 1. The maximum Gasteiger partial charge on any atom is 0.290 e. The van der Waals surface area contributed by atoms with Gasteiger partial charge in [0.25, 0.3) is 12.4 Å². The number of nitrogens with one attached hydrogen (secondary N) is 2. The second-order valence-electron chi connectivity index (χ2n) is 4.36. The maximum atomic E-state index is 13.4. The Labute approximate surface area is 129 Å². The van der Waals surface area contributed by atoms with Gasteiger partial charge in [0.05, 0.1) is 11.9 Å². The average molecular weight is 325 g/mol. The van der Waals surface area contributed by atoms with E-state index >= 15 is 0 Å². The van der Waals surface area contributed by atoms with Crippen LogP contribution in [0.1, 0.15) is 21.7 Å². The third-order valence-corrected chi connectivity index (χ3v) is 2.69. The van der Waals surface area contributed by atoms with Crippen molar-refractivity contribution in [3.05, 3.63) is 57.3 Å². The second-order valence-corrected chi connectivity index (χ2v) is 4.36. The molecule has 122 valence electrons. The first-order valence-electron chi connectivity index (χ1n) is 6.21. The Hall–Kier alpha value is -3.10. The third-order valence-electron chi connectivity index (χ3n) is 2.69. The molecule has 3 N–H and O–H groups in total. The summed E-state index contributed by atoms with van der Waals surface area (Å²) in [6.07, 6.45) is 0.755.